The lowest BCUT2D eigenvalue weighted by atomic mass is 10.1. The molecular weight excluding hydrogens is 280 g/mol. The lowest BCUT2D eigenvalue weighted by molar-refractivity contribution is -0.133. The molecule has 6 nitrogen and oxygen atoms in total. The number of carbonyl (C=O) groups excluding carboxylic acids is 1. The second kappa shape index (κ2) is 6.71. The van der Waals surface area contributed by atoms with E-state index < -0.39 is 0 Å². The number of carbonyl (C=O) groups is 1. The van der Waals surface area contributed by atoms with Crippen LogP contribution in [-0.2, 0) is 29.0 Å². The zero-order valence-corrected chi connectivity index (χ0v) is 13.4. The van der Waals surface area contributed by atoms with Gasteiger partial charge < -0.3 is 9.64 Å². The van der Waals surface area contributed by atoms with Crippen LogP contribution >= 0.6 is 0 Å². The number of nitrogens with zero attached hydrogens (tertiary/aromatic N) is 4. The van der Waals surface area contributed by atoms with Crippen LogP contribution in [0.15, 0.2) is 6.20 Å². The SMILES string of the molecule is CCc1ncc2c(n1)CN(C(=O)CC(C)N1CCOCC1)C2. The highest BCUT2D eigenvalue weighted by molar-refractivity contribution is 5.77. The van der Waals surface area contributed by atoms with Crippen LogP contribution in [-0.4, -0.2) is 58.0 Å². The van der Waals surface area contributed by atoms with Crippen molar-refractivity contribution in [3.05, 3.63) is 23.3 Å². The summed E-state index contributed by atoms with van der Waals surface area (Å²) >= 11 is 0. The van der Waals surface area contributed by atoms with E-state index >= 15 is 0 Å². The van der Waals surface area contributed by atoms with Crippen LogP contribution in [0.25, 0.3) is 0 Å². The fourth-order valence-corrected chi connectivity index (χ4v) is 3.07. The third kappa shape index (κ3) is 3.28. The number of aryl methyl sites for hydroxylation is 1. The maximum absolute atomic E-state index is 12.5. The normalized spacial score (nSPS) is 20.0. The van der Waals surface area contributed by atoms with Crippen LogP contribution in [0, 0.1) is 0 Å². The number of fused-ring (bicyclic) bond motifs is 1. The lowest BCUT2D eigenvalue weighted by Gasteiger charge is -2.32. The number of amides is 1. The van der Waals surface area contributed by atoms with E-state index in [1.165, 1.54) is 0 Å². The first-order valence-electron chi connectivity index (χ1n) is 8.10. The van der Waals surface area contributed by atoms with E-state index in [0.29, 0.717) is 19.5 Å². The summed E-state index contributed by atoms with van der Waals surface area (Å²) in [6, 6.07) is 0.261. The number of hydrogen-bond donors (Lipinski definition) is 0. The van der Waals surface area contributed by atoms with E-state index in [9.17, 15) is 4.79 Å². The molecule has 0 spiro atoms. The molecule has 3 rings (SSSR count). The van der Waals surface area contributed by atoms with Crippen molar-refractivity contribution in [1.29, 1.82) is 0 Å². The highest BCUT2D eigenvalue weighted by Crippen LogP contribution is 2.22. The number of morpholine rings is 1. The topological polar surface area (TPSA) is 58.6 Å². The van der Waals surface area contributed by atoms with E-state index in [2.05, 4.69) is 21.8 Å². The summed E-state index contributed by atoms with van der Waals surface area (Å²) in [5.74, 6) is 1.06. The fraction of sp³-hybridized carbons (Fsp3) is 0.688. The number of ether oxygens (including phenoxy) is 1. The Hall–Kier alpha value is -1.53. The average molecular weight is 304 g/mol. The number of aromatic nitrogens is 2. The molecule has 0 aromatic carbocycles. The summed E-state index contributed by atoms with van der Waals surface area (Å²) < 4.78 is 5.37. The van der Waals surface area contributed by atoms with E-state index in [0.717, 1.165) is 49.8 Å². The van der Waals surface area contributed by atoms with Crippen molar-refractivity contribution < 1.29 is 9.53 Å². The maximum Gasteiger partial charge on any atom is 0.224 e. The molecule has 1 saturated heterocycles. The molecular formula is C16H24N4O2. The molecule has 22 heavy (non-hydrogen) atoms. The summed E-state index contributed by atoms with van der Waals surface area (Å²) in [6.07, 6.45) is 3.26. The molecule has 1 unspecified atom stereocenters. The first kappa shape index (κ1) is 15.4. The maximum atomic E-state index is 12.5. The Morgan fingerprint density at radius 2 is 2.14 bits per heavy atom. The third-order valence-corrected chi connectivity index (χ3v) is 4.51. The van der Waals surface area contributed by atoms with Gasteiger partial charge in [0.05, 0.1) is 25.5 Å². The van der Waals surface area contributed by atoms with Crippen LogP contribution in [0.4, 0.5) is 0 Å². The van der Waals surface area contributed by atoms with Gasteiger partial charge in [0.25, 0.3) is 0 Å². The minimum absolute atomic E-state index is 0.204. The Kier molecular flexibility index (Phi) is 4.69. The first-order valence-corrected chi connectivity index (χ1v) is 8.10. The molecule has 1 fully saturated rings. The van der Waals surface area contributed by atoms with Crippen molar-refractivity contribution in [3.8, 4) is 0 Å². The van der Waals surface area contributed by atoms with E-state index in [-0.39, 0.29) is 11.9 Å². The highest BCUT2D eigenvalue weighted by atomic mass is 16.5. The van der Waals surface area contributed by atoms with Gasteiger partial charge in [0.2, 0.25) is 5.91 Å². The van der Waals surface area contributed by atoms with Crippen LogP contribution in [0.5, 0.6) is 0 Å². The van der Waals surface area contributed by atoms with Gasteiger partial charge in [0.1, 0.15) is 5.82 Å². The van der Waals surface area contributed by atoms with Gasteiger partial charge in [0.15, 0.2) is 0 Å². The molecule has 0 aliphatic carbocycles. The summed E-state index contributed by atoms with van der Waals surface area (Å²) in [5, 5.41) is 0. The predicted octanol–water partition coefficient (Wildman–Crippen LogP) is 0.992. The monoisotopic (exact) mass is 304 g/mol. The molecule has 3 heterocycles. The van der Waals surface area contributed by atoms with Crippen LogP contribution in [0.2, 0.25) is 0 Å². The summed E-state index contributed by atoms with van der Waals surface area (Å²) in [6.45, 7) is 8.81. The van der Waals surface area contributed by atoms with Gasteiger partial charge in [-0.05, 0) is 6.92 Å². The molecule has 2 aliphatic rings. The molecule has 1 atom stereocenters. The minimum atomic E-state index is 0.204. The van der Waals surface area contributed by atoms with Crippen molar-refractivity contribution in [1.82, 2.24) is 19.8 Å². The predicted molar refractivity (Wildman–Crippen MR) is 82.1 cm³/mol. The molecule has 1 aromatic rings. The van der Waals surface area contributed by atoms with Crippen LogP contribution < -0.4 is 0 Å². The zero-order valence-electron chi connectivity index (χ0n) is 13.4. The third-order valence-electron chi connectivity index (χ3n) is 4.51. The van der Waals surface area contributed by atoms with Gasteiger partial charge >= 0.3 is 0 Å². The molecule has 1 amide bonds. The quantitative estimate of drug-likeness (QED) is 0.830. The Balaban J connectivity index is 1.57. The van der Waals surface area contributed by atoms with Crippen LogP contribution in [0.3, 0.4) is 0 Å². The molecule has 0 N–H and O–H groups in total. The summed E-state index contributed by atoms with van der Waals surface area (Å²) in [5.41, 5.74) is 2.10. The van der Waals surface area contributed by atoms with Crippen molar-refractivity contribution in [2.75, 3.05) is 26.3 Å². The highest BCUT2D eigenvalue weighted by Gasteiger charge is 2.27. The molecule has 0 radical (unpaired) electrons. The van der Waals surface area contributed by atoms with Crippen molar-refractivity contribution >= 4 is 5.91 Å². The minimum Gasteiger partial charge on any atom is -0.379 e. The molecule has 120 valence electrons. The second-order valence-electron chi connectivity index (χ2n) is 6.06. The van der Waals surface area contributed by atoms with Crippen LogP contribution in [0.1, 0.15) is 37.4 Å². The fourth-order valence-electron chi connectivity index (χ4n) is 3.07. The van der Waals surface area contributed by atoms with E-state index in [1.54, 1.807) is 0 Å². The Labute approximate surface area is 131 Å². The van der Waals surface area contributed by atoms with Gasteiger partial charge in [-0.2, -0.15) is 0 Å². The van der Waals surface area contributed by atoms with Gasteiger partial charge in [-0.1, -0.05) is 6.92 Å². The summed E-state index contributed by atoms with van der Waals surface area (Å²) in [4.78, 5) is 25.6. The van der Waals surface area contributed by atoms with Crippen molar-refractivity contribution in [2.45, 2.75) is 45.8 Å². The molecule has 1 aromatic heterocycles. The van der Waals surface area contributed by atoms with E-state index in [1.807, 2.05) is 18.0 Å². The Morgan fingerprint density at radius 1 is 1.36 bits per heavy atom. The smallest absolute Gasteiger partial charge is 0.224 e. The van der Waals surface area contributed by atoms with E-state index in [4.69, 9.17) is 4.74 Å². The van der Waals surface area contributed by atoms with Gasteiger partial charge in [-0.25, -0.2) is 9.97 Å². The Bertz CT molecular complexity index is 543. The first-order chi connectivity index (χ1) is 10.7. The van der Waals surface area contributed by atoms with Gasteiger partial charge in [-0.3, -0.25) is 9.69 Å². The number of rotatable bonds is 4. The number of hydrogen-bond acceptors (Lipinski definition) is 5. The van der Waals surface area contributed by atoms with Crippen molar-refractivity contribution in [2.24, 2.45) is 0 Å². The van der Waals surface area contributed by atoms with Crippen molar-refractivity contribution in [3.63, 3.8) is 0 Å². The largest absolute Gasteiger partial charge is 0.379 e. The standard InChI is InChI=1S/C16H24N4O2/c1-3-15-17-9-13-10-20(11-14(13)18-15)16(21)8-12(2)19-4-6-22-7-5-19/h9,12H,3-8,10-11H2,1-2H3. The zero-order chi connectivity index (χ0) is 15.5. The second-order valence-corrected chi connectivity index (χ2v) is 6.06. The average Bonchev–Trinajstić information content (AvgIpc) is 2.98. The van der Waals surface area contributed by atoms with Gasteiger partial charge in [0, 0.05) is 50.3 Å². The lowest BCUT2D eigenvalue weighted by Crippen LogP contribution is -2.44. The summed E-state index contributed by atoms with van der Waals surface area (Å²) in [7, 11) is 0. The Morgan fingerprint density at radius 3 is 2.86 bits per heavy atom. The molecule has 0 saturated carbocycles. The molecule has 6 heteroatoms. The molecule has 2 aliphatic heterocycles. The molecule has 0 bridgehead atoms. The van der Waals surface area contributed by atoms with Gasteiger partial charge in [-0.15, -0.1) is 0 Å².